The van der Waals surface area contributed by atoms with E-state index in [2.05, 4.69) is 10.3 Å². The summed E-state index contributed by atoms with van der Waals surface area (Å²) < 4.78 is 5.55. The molecule has 0 aliphatic carbocycles. The monoisotopic (exact) mass is 346 g/mol. The van der Waals surface area contributed by atoms with Crippen LogP contribution in [0.3, 0.4) is 0 Å². The van der Waals surface area contributed by atoms with Gasteiger partial charge in [0.05, 0.1) is 12.1 Å². The summed E-state index contributed by atoms with van der Waals surface area (Å²) in [6.45, 7) is 3.79. The summed E-state index contributed by atoms with van der Waals surface area (Å²) in [7, 11) is 0. The zero-order chi connectivity index (χ0) is 16.4. The Bertz CT molecular complexity index is 854. The van der Waals surface area contributed by atoms with Crippen molar-refractivity contribution < 1.29 is 9.21 Å². The molecule has 4 nitrogen and oxygen atoms in total. The molecule has 0 bridgehead atoms. The van der Waals surface area contributed by atoms with Crippen molar-refractivity contribution in [2.75, 3.05) is 5.32 Å². The Hall–Kier alpha value is -2.11. The van der Waals surface area contributed by atoms with Crippen LogP contribution < -0.4 is 5.32 Å². The molecule has 0 aliphatic heterocycles. The first kappa shape index (κ1) is 15.8. The second-order valence-corrected chi connectivity index (χ2v) is 6.53. The van der Waals surface area contributed by atoms with Gasteiger partial charge >= 0.3 is 0 Å². The van der Waals surface area contributed by atoms with Gasteiger partial charge in [-0.25, -0.2) is 4.98 Å². The molecule has 1 amide bonds. The lowest BCUT2D eigenvalue weighted by atomic mass is 10.2. The normalized spacial score (nSPS) is 10.7. The van der Waals surface area contributed by atoms with Crippen LogP contribution in [-0.4, -0.2) is 10.9 Å². The molecule has 0 spiro atoms. The van der Waals surface area contributed by atoms with Gasteiger partial charge < -0.3 is 9.73 Å². The van der Waals surface area contributed by atoms with E-state index in [9.17, 15) is 4.79 Å². The van der Waals surface area contributed by atoms with Crippen molar-refractivity contribution in [3.63, 3.8) is 0 Å². The van der Waals surface area contributed by atoms with E-state index >= 15 is 0 Å². The highest BCUT2D eigenvalue weighted by Crippen LogP contribution is 2.26. The maximum absolute atomic E-state index is 12.2. The Labute approximate surface area is 143 Å². The lowest BCUT2D eigenvalue weighted by Crippen LogP contribution is -2.15. The summed E-state index contributed by atoms with van der Waals surface area (Å²) in [5.74, 6) is 1.46. The van der Waals surface area contributed by atoms with Crippen LogP contribution in [0.4, 0.5) is 5.69 Å². The van der Waals surface area contributed by atoms with Gasteiger partial charge in [-0.05, 0) is 49.7 Å². The number of amides is 1. The SMILES string of the molecule is Cc1ccc(-c2nc(CC(=O)Nc3ccc(Cl)cc3C)cs2)o1. The van der Waals surface area contributed by atoms with Crippen LogP contribution in [0.15, 0.2) is 40.1 Å². The van der Waals surface area contributed by atoms with Gasteiger partial charge in [-0.2, -0.15) is 0 Å². The lowest BCUT2D eigenvalue weighted by Gasteiger charge is -2.07. The van der Waals surface area contributed by atoms with Crippen LogP contribution >= 0.6 is 22.9 Å². The van der Waals surface area contributed by atoms with Crippen molar-refractivity contribution >= 4 is 34.5 Å². The third kappa shape index (κ3) is 3.81. The average Bonchev–Trinajstić information content (AvgIpc) is 3.11. The Kier molecular flexibility index (Phi) is 4.50. The largest absolute Gasteiger partial charge is 0.459 e. The van der Waals surface area contributed by atoms with E-state index < -0.39 is 0 Å². The molecule has 2 aromatic heterocycles. The predicted octanol–water partition coefficient (Wildman–Crippen LogP) is 4.85. The number of carbonyl (C=O) groups excluding carboxylic acids is 1. The smallest absolute Gasteiger partial charge is 0.230 e. The van der Waals surface area contributed by atoms with Crippen molar-refractivity contribution in [2.45, 2.75) is 20.3 Å². The van der Waals surface area contributed by atoms with Crippen molar-refractivity contribution in [3.8, 4) is 10.8 Å². The first-order chi connectivity index (χ1) is 11.0. The number of hydrogen-bond acceptors (Lipinski definition) is 4. The van der Waals surface area contributed by atoms with Crippen molar-refractivity contribution in [2.24, 2.45) is 0 Å². The molecule has 3 rings (SSSR count). The van der Waals surface area contributed by atoms with E-state index in [1.165, 1.54) is 11.3 Å². The number of nitrogens with one attached hydrogen (secondary N) is 1. The highest BCUT2D eigenvalue weighted by molar-refractivity contribution is 7.13. The van der Waals surface area contributed by atoms with Gasteiger partial charge in [0.2, 0.25) is 5.91 Å². The number of rotatable bonds is 4. The maximum atomic E-state index is 12.2. The van der Waals surface area contributed by atoms with Crippen molar-refractivity contribution in [1.82, 2.24) is 4.98 Å². The third-order valence-electron chi connectivity index (χ3n) is 3.31. The Morgan fingerprint density at radius 3 is 2.83 bits per heavy atom. The number of thiazole rings is 1. The summed E-state index contributed by atoms with van der Waals surface area (Å²) in [5.41, 5.74) is 2.41. The number of aryl methyl sites for hydroxylation is 2. The van der Waals surface area contributed by atoms with E-state index in [1.807, 2.05) is 37.4 Å². The molecule has 0 radical (unpaired) electrons. The van der Waals surface area contributed by atoms with E-state index in [0.717, 1.165) is 33.5 Å². The van der Waals surface area contributed by atoms with Crippen molar-refractivity contribution in [1.29, 1.82) is 0 Å². The van der Waals surface area contributed by atoms with Crippen LogP contribution in [0.5, 0.6) is 0 Å². The van der Waals surface area contributed by atoms with E-state index in [0.29, 0.717) is 5.02 Å². The highest BCUT2D eigenvalue weighted by Gasteiger charge is 2.12. The van der Waals surface area contributed by atoms with Crippen molar-refractivity contribution in [3.05, 3.63) is 57.8 Å². The minimum atomic E-state index is -0.108. The number of carbonyl (C=O) groups is 1. The van der Waals surface area contributed by atoms with Crippen LogP contribution in [0.2, 0.25) is 5.02 Å². The van der Waals surface area contributed by atoms with E-state index in [1.54, 1.807) is 12.1 Å². The Morgan fingerprint density at radius 1 is 1.30 bits per heavy atom. The summed E-state index contributed by atoms with van der Waals surface area (Å²) in [6, 6.07) is 9.15. The molecule has 3 aromatic rings. The summed E-state index contributed by atoms with van der Waals surface area (Å²) in [6.07, 6.45) is 0.220. The van der Waals surface area contributed by atoms with Gasteiger partial charge in [0.1, 0.15) is 5.76 Å². The van der Waals surface area contributed by atoms with Crippen LogP contribution in [0, 0.1) is 13.8 Å². The second kappa shape index (κ2) is 6.56. The number of hydrogen-bond donors (Lipinski definition) is 1. The molecule has 0 aliphatic rings. The van der Waals surface area contributed by atoms with E-state index in [4.69, 9.17) is 16.0 Å². The fourth-order valence-corrected chi connectivity index (χ4v) is 3.18. The standard InChI is InChI=1S/C17H15ClN2O2S/c1-10-7-12(18)4-5-14(10)20-16(21)8-13-9-23-17(19-13)15-6-3-11(2)22-15/h3-7,9H,8H2,1-2H3,(H,20,21). The highest BCUT2D eigenvalue weighted by atomic mass is 35.5. The van der Waals surface area contributed by atoms with Crippen LogP contribution in [-0.2, 0) is 11.2 Å². The molecular formula is C17H15ClN2O2S. The van der Waals surface area contributed by atoms with Gasteiger partial charge in [-0.3, -0.25) is 4.79 Å². The molecular weight excluding hydrogens is 332 g/mol. The maximum Gasteiger partial charge on any atom is 0.230 e. The predicted molar refractivity (Wildman–Crippen MR) is 93.1 cm³/mol. The number of nitrogens with zero attached hydrogens (tertiary/aromatic N) is 1. The van der Waals surface area contributed by atoms with Gasteiger partial charge in [-0.15, -0.1) is 11.3 Å². The first-order valence-electron chi connectivity index (χ1n) is 7.08. The number of benzene rings is 1. The molecule has 0 fully saturated rings. The fraction of sp³-hybridized carbons (Fsp3) is 0.176. The molecule has 0 unspecified atom stereocenters. The molecule has 118 valence electrons. The average molecular weight is 347 g/mol. The number of halogens is 1. The zero-order valence-corrected chi connectivity index (χ0v) is 14.3. The Morgan fingerprint density at radius 2 is 2.13 bits per heavy atom. The van der Waals surface area contributed by atoms with Crippen LogP contribution in [0.1, 0.15) is 17.0 Å². The van der Waals surface area contributed by atoms with Gasteiger partial charge in [0, 0.05) is 16.1 Å². The molecule has 2 heterocycles. The topological polar surface area (TPSA) is 55.1 Å². The first-order valence-corrected chi connectivity index (χ1v) is 8.34. The molecule has 1 N–H and O–H groups in total. The van der Waals surface area contributed by atoms with Gasteiger partial charge in [0.25, 0.3) is 0 Å². The molecule has 23 heavy (non-hydrogen) atoms. The van der Waals surface area contributed by atoms with Crippen LogP contribution in [0.25, 0.3) is 10.8 Å². The molecule has 0 saturated carbocycles. The molecule has 0 atom stereocenters. The van der Waals surface area contributed by atoms with Gasteiger partial charge in [0.15, 0.2) is 10.8 Å². The Balaban J connectivity index is 1.67. The van der Waals surface area contributed by atoms with E-state index in [-0.39, 0.29) is 12.3 Å². The minimum Gasteiger partial charge on any atom is -0.459 e. The fourth-order valence-electron chi connectivity index (χ4n) is 2.18. The van der Waals surface area contributed by atoms with Gasteiger partial charge in [-0.1, -0.05) is 11.6 Å². The quantitative estimate of drug-likeness (QED) is 0.734. The minimum absolute atomic E-state index is 0.108. The number of aromatic nitrogens is 1. The third-order valence-corrected chi connectivity index (χ3v) is 4.45. The number of furan rings is 1. The zero-order valence-electron chi connectivity index (χ0n) is 12.7. The molecule has 0 saturated heterocycles. The lowest BCUT2D eigenvalue weighted by molar-refractivity contribution is -0.115. The molecule has 6 heteroatoms. The second-order valence-electron chi connectivity index (χ2n) is 5.24. The number of anilines is 1. The summed E-state index contributed by atoms with van der Waals surface area (Å²) >= 11 is 7.38. The summed E-state index contributed by atoms with van der Waals surface area (Å²) in [4.78, 5) is 16.6. The molecule has 1 aromatic carbocycles. The summed E-state index contributed by atoms with van der Waals surface area (Å²) in [5, 5.41) is 6.19.